The summed E-state index contributed by atoms with van der Waals surface area (Å²) in [5.74, 6) is 0.539. The monoisotopic (exact) mass is 212 g/mol. The SMILES string of the molecule is ClCCC(Cl)Cl.[SiH3]Cl. The van der Waals surface area contributed by atoms with E-state index in [1.54, 1.807) is 0 Å². The lowest BCUT2D eigenvalue weighted by molar-refractivity contribution is 1.05. The fourth-order valence-electron chi connectivity index (χ4n) is 0.0825. The van der Waals surface area contributed by atoms with Gasteiger partial charge in [-0.15, -0.1) is 34.8 Å². The molecule has 0 saturated heterocycles. The largest absolute Gasteiger partial charge is 0.181 e. The number of hydrogen-bond acceptors (Lipinski definition) is 0. The van der Waals surface area contributed by atoms with Crippen molar-refractivity contribution in [2.45, 2.75) is 11.3 Å². The normalized spacial score (nSPS) is 8.62. The van der Waals surface area contributed by atoms with Crippen LogP contribution in [0.2, 0.25) is 0 Å². The molecule has 0 aromatic carbocycles. The van der Waals surface area contributed by atoms with E-state index in [4.69, 9.17) is 45.9 Å². The van der Waals surface area contributed by atoms with E-state index in [0.717, 1.165) is 9.55 Å². The van der Waals surface area contributed by atoms with Gasteiger partial charge >= 0.3 is 0 Å². The topological polar surface area (TPSA) is 0 Å². The summed E-state index contributed by atoms with van der Waals surface area (Å²) in [6.07, 6.45) is 0.671. The highest BCUT2D eigenvalue weighted by Crippen LogP contribution is 2.06. The maximum Gasteiger partial charge on any atom is 0.109 e. The zero-order valence-corrected chi connectivity index (χ0v) is 9.53. The Labute approximate surface area is 72.6 Å². The molecular formula is C3H8Cl4Si. The molecule has 0 rings (SSSR count). The first-order valence-electron chi connectivity index (χ1n) is 1.99. The first-order chi connectivity index (χ1) is 3.77. The lowest BCUT2D eigenvalue weighted by atomic mass is 10.6. The predicted octanol–water partition coefficient (Wildman–Crippen LogP) is 1.92. The molecule has 0 unspecified atom stereocenters. The van der Waals surface area contributed by atoms with Gasteiger partial charge in [-0.2, -0.15) is 11.1 Å². The highest BCUT2D eigenvalue weighted by Gasteiger charge is 1.92. The molecule has 0 radical (unpaired) electrons. The van der Waals surface area contributed by atoms with Crippen LogP contribution in [0.15, 0.2) is 0 Å². The predicted molar refractivity (Wildman–Crippen MR) is 46.6 cm³/mol. The Morgan fingerprint density at radius 1 is 1.25 bits per heavy atom. The van der Waals surface area contributed by atoms with Gasteiger partial charge < -0.3 is 0 Å². The lowest BCUT2D eigenvalue weighted by Gasteiger charge is -1.89. The molecule has 0 fully saturated rings. The fourth-order valence-corrected chi connectivity index (χ4v) is 0.742. The van der Waals surface area contributed by atoms with Crippen LogP contribution in [0.5, 0.6) is 0 Å². The summed E-state index contributed by atoms with van der Waals surface area (Å²) < 4.78 is 0. The van der Waals surface area contributed by atoms with Gasteiger partial charge in [0, 0.05) is 5.88 Å². The molecule has 8 heavy (non-hydrogen) atoms. The summed E-state index contributed by atoms with van der Waals surface area (Å²) in [7, 11) is 0.778. The molecular weight excluding hydrogens is 206 g/mol. The molecule has 0 N–H and O–H groups in total. The van der Waals surface area contributed by atoms with Crippen molar-refractivity contribution in [3.63, 3.8) is 0 Å². The van der Waals surface area contributed by atoms with E-state index in [1.165, 1.54) is 0 Å². The summed E-state index contributed by atoms with van der Waals surface area (Å²) in [6, 6.07) is 0. The van der Waals surface area contributed by atoms with Gasteiger partial charge in [0.05, 0.1) is 0 Å². The first kappa shape index (κ1) is 12.1. The van der Waals surface area contributed by atoms with Gasteiger partial charge in [0.15, 0.2) is 0 Å². The molecule has 0 atom stereocenters. The first-order valence-corrected chi connectivity index (χ1v) is 6.42. The maximum atomic E-state index is 5.26. The Balaban J connectivity index is 0. The number of hydrogen-bond donors (Lipinski definition) is 0. The zero-order valence-electron chi connectivity index (χ0n) is 4.50. The van der Waals surface area contributed by atoms with E-state index < -0.39 is 0 Å². The van der Waals surface area contributed by atoms with Gasteiger partial charge in [-0.25, -0.2) is 0 Å². The van der Waals surface area contributed by atoms with Crippen molar-refractivity contribution in [3.05, 3.63) is 0 Å². The van der Waals surface area contributed by atoms with Crippen LogP contribution in [0.4, 0.5) is 0 Å². The molecule has 0 spiro atoms. The molecule has 0 amide bonds. The van der Waals surface area contributed by atoms with Crippen LogP contribution in [-0.2, 0) is 0 Å². The van der Waals surface area contributed by atoms with Crippen LogP contribution in [0.1, 0.15) is 6.42 Å². The number of alkyl halides is 3. The molecule has 0 aliphatic carbocycles. The minimum absolute atomic E-state index is 0.289. The summed E-state index contributed by atoms with van der Waals surface area (Å²) in [5, 5.41) is 0. The Morgan fingerprint density at radius 3 is 1.62 bits per heavy atom. The Kier molecular flexibility index (Phi) is 16.9. The van der Waals surface area contributed by atoms with Crippen LogP contribution in [0.3, 0.4) is 0 Å². The van der Waals surface area contributed by atoms with Crippen molar-refractivity contribution in [2.75, 3.05) is 5.88 Å². The van der Waals surface area contributed by atoms with E-state index >= 15 is 0 Å². The zero-order chi connectivity index (χ0) is 6.99. The third-order valence-electron chi connectivity index (χ3n) is 0.327. The highest BCUT2D eigenvalue weighted by molar-refractivity contribution is 6.80. The molecule has 52 valence electrons. The minimum atomic E-state index is -0.289. The van der Waals surface area contributed by atoms with Crippen LogP contribution >= 0.6 is 45.9 Å². The maximum absolute atomic E-state index is 5.26. The van der Waals surface area contributed by atoms with Gasteiger partial charge in [0.25, 0.3) is 0 Å². The summed E-state index contributed by atoms with van der Waals surface area (Å²) in [5.41, 5.74) is 0. The van der Waals surface area contributed by atoms with Crippen molar-refractivity contribution < 1.29 is 0 Å². The summed E-state index contributed by atoms with van der Waals surface area (Å²) in [4.78, 5) is -0.289. The van der Waals surface area contributed by atoms with E-state index in [-0.39, 0.29) is 4.84 Å². The molecule has 0 aromatic rings. The molecule has 0 saturated carbocycles. The van der Waals surface area contributed by atoms with Crippen LogP contribution in [-0.4, -0.2) is 20.3 Å². The van der Waals surface area contributed by atoms with Crippen LogP contribution < -0.4 is 0 Å². The molecule has 0 aromatic heterocycles. The van der Waals surface area contributed by atoms with Gasteiger partial charge in [0.2, 0.25) is 0 Å². The van der Waals surface area contributed by atoms with Crippen molar-refractivity contribution in [2.24, 2.45) is 0 Å². The second-order valence-corrected chi connectivity index (χ2v) is 2.52. The molecule has 5 heteroatoms. The highest BCUT2D eigenvalue weighted by atomic mass is 35.6. The molecule has 0 aliphatic rings. The molecule has 0 aliphatic heterocycles. The van der Waals surface area contributed by atoms with Crippen molar-refractivity contribution >= 4 is 55.4 Å². The second-order valence-electron chi connectivity index (χ2n) is 0.869. The van der Waals surface area contributed by atoms with E-state index in [2.05, 4.69) is 0 Å². The quantitative estimate of drug-likeness (QED) is 0.374. The standard InChI is InChI=1S/C3H5Cl3.ClH3Si/c4-2-1-3(5)6;1-2/h3H,1-2H2;2H3. The number of rotatable bonds is 2. The van der Waals surface area contributed by atoms with Gasteiger partial charge in [-0.1, -0.05) is 0 Å². The molecule has 0 bridgehead atoms. The second kappa shape index (κ2) is 11.2. The lowest BCUT2D eigenvalue weighted by Crippen LogP contribution is -1.84. The van der Waals surface area contributed by atoms with E-state index in [9.17, 15) is 0 Å². The van der Waals surface area contributed by atoms with Gasteiger partial charge in [-0.05, 0) is 6.42 Å². The fraction of sp³-hybridized carbons (Fsp3) is 1.00. The minimum Gasteiger partial charge on any atom is -0.181 e. The van der Waals surface area contributed by atoms with E-state index in [1.807, 2.05) is 0 Å². The smallest absolute Gasteiger partial charge is 0.109 e. The van der Waals surface area contributed by atoms with Crippen LogP contribution in [0.25, 0.3) is 0 Å². The third-order valence-corrected chi connectivity index (χ3v) is 0.982. The van der Waals surface area contributed by atoms with E-state index in [0.29, 0.717) is 12.3 Å². The van der Waals surface area contributed by atoms with Gasteiger partial charge in [-0.3, -0.25) is 0 Å². The van der Waals surface area contributed by atoms with Crippen molar-refractivity contribution in [1.29, 1.82) is 0 Å². The van der Waals surface area contributed by atoms with Crippen LogP contribution in [0, 0.1) is 0 Å². The Morgan fingerprint density at radius 2 is 1.62 bits per heavy atom. The Bertz CT molecular complexity index is 32.5. The van der Waals surface area contributed by atoms with Crippen molar-refractivity contribution in [3.8, 4) is 0 Å². The van der Waals surface area contributed by atoms with Gasteiger partial charge in [0.1, 0.15) is 14.4 Å². The van der Waals surface area contributed by atoms with Crippen molar-refractivity contribution in [1.82, 2.24) is 0 Å². The average Bonchev–Trinajstić information content (AvgIpc) is 1.72. The number of halogens is 4. The molecule has 0 heterocycles. The summed E-state index contributed by atoms with van der Waals surface area (Å²) in [6.45, 7) is 0. The Hall–Kier alpha value is 1.38. The third kappa shape index (κ3) is 15.7. The average molecular weight is 214 g/mol. The molecule has 0 nitrogen and oxygen atoms in total. The summed E-state index contributed by atoms with van der Waals surface area (Å²) >= 11 is 20.5.